The van der Waals surface area contributed by atoms with Crippen molar-refractivity contribution in [3.63, 3.8) is 0 Å². The largest absolute Gasteiger partial charge is 0.493 e. The second-order valence-corrected chi connectivity index (χ2v) is 6.71. The van der Waals surface area contributed by atoms with Crippen LogP contribution in [0.15, 0.2) is 67.0 Å². The van der Waals surface area contributed by atoms with Crippen LogP contribution in [0, 0.1) is 0 Å². The van der Waals surface area contributed by atoms with E-state index in [9.17, 15) is 0 Å². The summed E-state index contributed by atoms with van der Waals surface area (Å²) in [5, 5.41) is 4.14. The maximum Gasteiger partial charge on any atom is 0.162 e. The molecule has 1 aromatic heterocycles. The van der Waals surface area contributed by atoms with E-state index < -0.39 is 0 Å². The Morgan fingerprint density at radius 2 is 1.45 bits per heavy atom. The number of ether oxygens (including phenoxy) is 4. The number of aromatic nitrogens is 2. The summed E-state index contributed by atoms with van der Waals surface area (Å²) in [4.78, 5) is 8.73. The van der Waals surface area contributed by atoms with E-state index in [1.165, 1.54) is 6.33 Å². The maximum absolute atomic E-state index is 5.94. The van der Waals surface area contributed by atoms with Crippen molar-refractivity contribution in [3.05, 3.63) is 72.6 Å². The Balaban J connectivity index is 1.60. The maximum atomic E-state index is 5.94. The van der Waals surface area contributed by atoms with Crippen molar-refractivity contribution >= 4 is 22.4 Å². The molecule has 0 saturated heterocycles. The van der Waals surface area contributed by atoms with Crippen molar-refractivity contribution in [2.75, 3.05) is 26.6 Å². The number of nitrogens with zero attached hydrogens (tertiary/aromatic N) is 2. The summed E-state index contributed by atoms with van der Waals surface area (Å²) in [6, 6.07) is 19.3. The van der Waals surface area contributed by atoms with E-state index in [4.69, 9.17) is 18.9 Å². The van der Waals surface area contributed by atoms with Crippen LogP contribution in [0.4, 0.5) is 11.5 Å². The van der Waals surface area contributed by atoms with Crippen LogP contribution >= 0.6 is 0 Å². The lowest BCUT2D eigenvalue weighted by atomic mass is 10.2. The molecule has 0 saturated carbocycles. The standard InChI is InChI=1S/C24H23N3O4/c1-28-21-11-17(9-10-20(21)31-14-16-7-5-4-6-8-16)27-24-18-12-22(29-2)23(30-3)13-19(18)25-15-26-24/h4-13,15H,14H2,1-3H3,(H,25,26,27). The van der Waals surface area contributed by atoms with Gasteiger partial charge in [0.05, 0.1) is 26.8 Å². The molecule has 1 heterocycles. The fraction of sp³-hybridized carbons (Fsp3) is 0.167. The molecule has 0 spiro atoms. The fourth-order valence-corrected chi connectivity index (χ4v) is 3.22. The normalized spacial score (nSPS) is 10.5. The van der Waals surface area contributed by atoms with Gasteiger partial charge in [-0.15, -0.1) is 0 Å². The van der Waals surface area contributed by atoms with Gasteiger partial charge in [0.25, 0.3) is 0 Å². The molecule has 0 atom stereocenters. The Morgan fingerprint density at radius 1 is 0.742 bits per heavy atom. The quantitative estimate of drug-likeness (QED) is 0.433. The second-order valence-electron chi connectivity index (χ2n) is 6.71. The molecular weight excluding hydrogens is 394 g/mol. The molecule has 0 aliphatic heterocycles. The highest BCUT2D eigenvalue weighted by atomic mass is 16.5. The minimum atomic E-state index is 0.460. The Hall–Kier alpha value is -4.00. The summed E-state index contributed by atoms with van der Waals surface area (Å²) in [7, 11) is 4.81. The summed E-state index contributed by atoms with van der Waals surface area (Å²) >= 11 is 0. The number of hydrogen-bond donors (Lipinski definition) is 1. The van der Waals surface area contributed by atoms with Gasteiger partial charge in [-0.25, -0.2) is 9.97 Å². The molecule has 0 aliphatic carbocycles. The smallest absolute Gasteiger partial charge is 0.162 e. The Labute approximate surface area is 180 Å². The Kier molecular flexibility index (Phi) is 6.03. The summed E-state index contributed by atoms with van der Waals surface area (Å²) < 4.78 is 22.3. The van der Waals surface area contributed by atoms with Crippen molar-refractivity contribution in [2.45, 2.75) is 6.61 Å². The first-order valence-electron chi connectivity index (χ1n) is 9.70. The zero-order chi connectivity index (χ0) is 21.6. The van der Waals surface area contributed by atoms with E-state index in [1.54, 1.807) is 21.3 Å². The fourth-order valence-electron chi connectivity index (χ4n) is 3.22. The van der Waals surface area contributed by atoms with Crippen LogP contribution in [0.25, 0.3) is 10.9 Å². The van der Waals surface area contributed by atoms with Gasteiger partial charge in [0.2, 0.25) is 0 Å². The SMILES string of the molecule is COc1cc2ncnc(Nc3ccc(OCc4ccccc4)c(OC)c3)c2cc1OC. The van der Waals surface area contributed by atoms with Gasteiger partial charge < -0.3 is 24.3 Å². The lowest BCUT2D eigenvalue weighted by Gasteiger charge is -2.14. The Morgan fingerprint density at radius 3 is 2.19 bits per heavy atom. The van der Waals surface area contributed by atoms with Gasteiger partial charge >= 0.3 is 0 Å². The molecule has 31 heavy (non-hydrogen) atoms. The zero-order valence-corrected chi connectivity index (χ0v) is 17.6. The first-order valence-corrected chi connectivity index (χ1v) is 9.70. The summed E-state index contributed by atoms with van der Waals surface area (Å²) in [5.41, 5.74) is 2.63. The summed E-state index contributed by atoms with van der Waals surface area (Å²) in [6.45, 7) is 0.460. The number of benzene rings is 3. The van der Waals surface area contributed by atoms with E-state index in [2.05, 4.69) is 15.3 Å². The molecule has 3 aromatic carbocycles. The molecule has 7 nitrogen and oxygen atoms in total. The predicted molar refractivity (Wildman–Crippen MR) is 120 cm³/mol. The molecule has 7 heteroatoms. The van der Waals surface area contributed by atoms with Gasteiger partial charge in [-0.3, -0.25) is 0 Å². The highest BCUT2D eigenvalue weighted by Gasteiger charge is 2.12. The van der Waals surface area contributed by atoms with E-state index in [1.807, 2.05) is 60.7 Å². The van der Waals surface area contributed by atoms with Crippen LogP contribution in [0.3, 0.4) is 0 Å². The van der Waals surface area contributed by atoms with Crippen LogP contribution in [0.1, 0.15) is 5.56 Å². The van der Waals surface area contributed by atoms with Gasteiger partial charge in [-0.05, 0) is 23.8 Å². The third-order valence-electron chi connectivity index (χ3n) is 4.80. The first kappa shape index (κ1) is 20.3. The van der Waals surface area contributed by atoms with E-state index >= 15 is 0 Å². The number of rotatable bonds is 8. The zero-order valence-electron chi connectivity index (χ0n) is 17.6. The van der Waals surface area contributed by atoms with E-state index in [-0.39, 0.29) is 0 Å². The minimum absolute atomic E-state index is 0.460. The van der Waals surface area contributed by atoms with Crippen molar-refractivity contribution in [1.82, 2.24) is 9.97 Å². The molecule has 0 unspecified atom stereocenters. The highest BCUT2D eigenvalue weighted by Crippen LogP contribution is 2.36. The molecule has 4 aromatic rings. The average Bonchev–Trinajstić information content (AvgIpc) is 2.83. The monoisotopic (exact) mass is 417 g/mol. The van der Waals surface area contributed by atoms with E-state index in [0.717, 1.165) is 22.2 Å². The van der Waals surface area contributed by atoms with Gasteiger partial charge in [0.15, 0.2) is 23.0 Å². The topological polar surface area (TPSA) is 74.7 Å². The van der Waals surface area contributed by atoms with Crippen LogP contribution < -0.4 is 24.3 Å². The number of methoxy groups -OCH3 is 3. The number of hydrogen-bond acceptors (Lipinski definition) is 7. The highest BCUT2D eigenvalue weighted by molar-refractivity contribution is 5.93. The molecule has 158 valence electrons. The average molecular weight is 417 g/mol. The predicted octanol–water partition coefficient (Wildman–Crippen LogP) is 4.98. The minimum Gasteiger partial charge on any atom is -0.493 e. The third-order valence-corrected chi connectivity index (χ3v) is 4.80. The molecule has 0 bridgehead atoms. The summed E-state index contributed by atoms with van der Waals surface area (Å²) in [5.74, 6) is 3.15. The molecule has 1 N–H and O–H groups in total. The molecule has 0 fully saturated rings. The van der Waals surface area contributed by atoms with Crippen molar-refractivity contribution in [3.8, 4) is 23.0 Å². The van der Waals surface area contributed by atoms with Gasteiger partial charge in [0, 0.05) is 23.2 Å². The lowest BCUT2D eigenvalue weighted by molar-refractivity contribution is 0.284. The number of fused-ring (bicyclic) bond motifs is 1. The Bertz CT molecular complexity index is 1180. The first-order chi connectivity index (χ1) is 15.2. The van der Waals surface area contributed by atoms with Crippen LogP contribution in [-0.2, 0) is 6.61 Å². The van der Waals surface area contributed by atoms with Crippen LogP contribution in [-0.4, -0.2) is 31.3 Å². The van der Waals surface area contributed by atoms with Crippen LogP contribution in [0.5, 0.6) is 23.0 Å². The lowest BCUT2D eigenvalue weighted by Crippen LogP contribution is -2.00. The molecule has 0 amide bonds. The summed E-state index contributed by atoms with van der Waals surface area (Å²) in [6.07, 6.45) is 1.51. The van der Waals surface area contributed by atoms with Gasteiger partial charge in [-0.1, -0.05) is 30.3 Å². The third kappa shape index (κ3) is 4.45. The van der Waals surface area contributed by atoms with Crippen molar-refractivity contribution < 1.29 is 18.9 Å². The van der Waals surface area contributed by atoms with Crippen molar-refractivity contribution in [1.29, 1.82) is 0 Å². The molecule has 0 radical (unpaired) electrons. The molecule has 0 aliphatic rings. The van der Waals surface area contributed by atoms with Crippen molar-refractivity contribution in [2.24, 2.45) is 0 Å². The van der Waals surface area contributed by atoms with E-state index in [0.29, 0.717) is 35.4 Å². The molecule has 4 rings (SSSR count). The van der Waals surface area contributed by atoms with Gasteiger partial charge in [-0.2, -0.15) is 0 Å². The molecular formula is C24H23N3O4. The number of nitrogens with one attached hydrogen (secondary N) is 1. The number of anilines is 2. The second kappa shape index (κ2) is 9.21. The van der Waals surface area contributed by atoms with Gasteiger partial charge in [0.1, 0.15) is 18.8 Å². The van der Waals surface area contributed by atoms with Crippen LogP contribution in [0.2, 0.25) is 0 Å².